The van der Waals surface area contributed by atoms with Gasteiger partial charge < -0.3 is 13.2 Å². The maximum Gasteiger partial charge on any atom is 0.662 e. The summed E-state index contributed by atoms with van der Waals surface area (Å²) in [5.74, 6) is 3.85. The van der Waals surface area contributed by atoms with Crippen molar-refractivity contribution in [3.05, 3.63) is 0 Å². The number of hydrogen-bond acceptors (Lipinski definition) is 5. The third kappa shape index (κ3) is 39.6. The van der Waals surface area contributed by atoms with Gasteiger partial charge in [-0.3, -0.25) is 4.79 Å². The van der Waals surface area contributed by atoms with Gasteiger partial charge >= 0.3 is 21.9 Å². The maximum absolute atomic E-state index is 9.47. The van der Waals surface area contributed by atoms with Crippen LogP contribution in [0.5, 0.6) is 0 Å². The zero-order valence-electron chi connectivity index (χ0n) is 4.37. The Hall–Kier alpha value is -0.118. The van der Waals surface area contributed by atoms with Crippen molar-refractivity contribution in [1.29, 1.82) is 0 Å². The van der Waals surface area contributed by atoms with Crippen molar-refractivity contribution >= 4 is 21.9 Å². The molecule has 0 aliphatic carbocycles. The fourth-order valence-corrected chi connectivity index (χ4v) is 0. The molecule has 0 aromatic rings. The molecular formula is C2H7AlNO4. The SMILES string of the molecule is CC(=O)ON.[OH][Al][OH]. The zero-order valence-corrected chi connectivity index (χ0v) is 5.52. The Morgan fingerprint density at radius 2 is 1.88 bits per heavy atom. The second-order valence-corrected chi connectivity index (χ2v) is 0.956. The minimum Gasteiger partial charge on any atom is -0.499 e. The first-order valence-corrected chi connectivity index (χ1v) is 2.69. The molecule has 5 nitrogen and oxygen atoms in total. The van der Waals surface area contributed by atoms with E-state index in [4.69, 9.17) is 8.32 Å². The number of nitrogens with two attached hydrogens (primary N) is 1. The first kappa shape index (κ1) is 10.8. The first-order chi connectivity index (χ1) is 3.68. The Morgan fingerprint density at radius 1 is 1.75 bits per heavy atom. The van der Waals surface area contributed by atoms with Crippen LogP contribution < -0.4 is 5.90 Å². The highest BCUT2D eigenvalue weighted by molar-refractivity contribution is 6.13. The van der Waals surface area contributed by atoms with Crippen molar-refractivity contribution in [2.45, 2.75) is 6.92 Å². The summed E-state index contributed by atoms with van der Waals surface area (Å²) < 4.78 is 14.4. The lowest BCUT2D eigenvalue weighted by Gasteiger charge is -1.79. The van der Waals surface area contributed by atoms with Gasteiger partial charge in [0.05, 0.1) is 0 Å². The normalized spacial score (nSPS) is 6.00. The fraction of sp³-hybridized carbons (Fsp3) is 0.500. The quantitative estimate of drug-likeness (QED) is 0.263. The third-order valence-corrected chi connectivity index (χ3v) is 0.166. The summed E-state index contributed by atoms with van der Waals surface area (Å²) in [6.07, 6.45) is 0. The predicted octanol–water partition coefficient (Wildman–Crippen LogP) is -2.07. The molecule has 8 heavy (non-hydrogen) atoms. The molecule has 47 valence electrons. The van der Waals surface area contributed by atoms with Gasteiger partial charge in [0.1, 0.15) is 0 Å². The molecular weight excluding hydrogens is 129 g/mol. The summed E-state index contributed by atoms with van der Waals surface area (Å²) >= 11 is -1.25. The topological polar surface area (TPSA) is 92.8 Å². The molecule has 0 saturated heterocycles. The molecule has 0 bridgehead atoms. The molecule has 0 atom stereocenters. The van der Waals surface area contributed by atoms with Crippen LogP contribution >= 0.6 is 0 Å². The summed E-state index contributed by atoms with van der Waals surface area (Å²) in [6, 6.07) is 0. The molecule has 0 amide bonds. The molecule has 0 rings (SSSR count). The second-order valence-electron chi connectivity index (χ2n) is 0.725. The van der Waals surface area contributed by atoms with Crippen molar-refractivity contribution in [2.24, 2.45) is 5.90 Å². The van der Waals surface area contributed by atoms with Gasteiger partial charge in [-0.15, -0.1) is 0 Å². The van der Waals surface area contributed by atoms with Crippen LogP contribution in [0.2, 0.25) is 0 Å². The monoisotopic (exact) mass is 136 g/mol. The van der Waals surface area contributed by atoms with Gasteiger partial charge in [-0.05, 0) is 0 Å². The van der Waals surface area contributed by atoms with Gasteiger partial charge in [-0.1, -0.05) is 0 Å². The number of hydrogen-bond donors (Lipinski definition) is 3. The van der Waals surface area contributed by atoms with E-state index in [9.17, 15) is 4.79 Å². The van der Waals surface area contributed by atoms with Crippen molar-refractivity contribution in [1.82, 2.24) is 0 Å². The van der Waals surface area contributed by atoms with Crippen LogP contribution in [0.25, 0.3) is 0 Å². The van der Waals surface area contributed by atoms with Crippen LogP contribution in [-0.2, 0) is 9.63 Å². The number of carbonyl (C=O) groups is 1. The Kier molecular flexibility index (Phi) is 13.5. The Balaban J connectivity index is 0. The molecule has 6 heteroatoms. The van der Waals surface area contributed by atoms with Crippen molar-refractivity contribution in [2.75, 3.05) is 0 Å². The van der Waals surface area contributed by atoms with Crippen LogP contribution in [0.3, 0.4) is 0 Å². The molecule has 0 unspecified atom stereocenters. The summed E-state index contributed by atoms with van der Waals surface area (Å²) in [4.78, 5) is 13.1. The largest absolute Gasteiger partial charge is 0.662 e. The van der Waals surface area contributed by atoms with E-state index in [1.165, 1.54) is 6.92 Å². The van der Waals surface area contributed by atoms with Gasteiger partial charge in [0.15, 0.2) is 0 Å². The lowest BCUT2D eigenvalue weighted by Crippen LogP contribution is -2.03. The van der Waals surface area contributed by atoms with E-state index >= 15 is 0 Å². The molecule has 0 heterocycles. The van der Waals surface area contributed by atoms with Crippen LogP contribution in [-0.4, -0.2) is 30.2 Å². The van der Waals surface area contributed by atoms with Gasteiger partial charge in [-0.2, -0.15) is 5.90 Å². The smallest absolute Gasteiger partial charge is 0.499 e. The molecule has 0 fully saturated rings. The van der Waals surface area contributed by atoms with E-state index in [1.54, 1.807) is 0 Å². The molecule has 0 aromatic heterocycles. The molecule has 0 aliphatic heterocycles. The summed E-state index contributed by atoms with van der Waals surface area (Å²) in [6.45, 7) is 1.24. The second kappa shape index (κ2) is 9.99. The average molecular weight is 136 g/mol. The Labute approximate surface area is 53.4 Å². The van der Waals surface area contributed by atoms with E-state index in [0.29, 0.717) is 0 Å². The lowest BCUT2D eigenvalue weighted by molar-refractivity contribution is -0.141. The molecule has 0 saturated carbocycles. The third-order valence-electron chi connectivity index (χ3n) is 0.166. The zero-order chi connectivity index (χ0) is 6.99. The molecule has 4 N–H and O–H groups in total. The predicted molar refractivity (Wildman–Crippen MR) is 26.1 cm³/mol. The van der Waals surface area contributed by atoms with Crippen molar-refractivity contribution in [3.63, 3.8) is 0 Å². The lowest BCUT2D eigenvalue weighted by atomic mass is 10.8. The van der Waals surface area contributed by atoms with Gasteiger partial charge in [0.2, 0.25) is 0 Å². The molecule has 0 spiro atoms. The maximum atomic E-state index is 9.47. The molecule has 0 aliphatic rings. The fourth-order valence-electron chi connectivity index (χ4n) is 0. The van der Waals surface area contributed by atoms with Crippen molar-refractivity contribution < 1.29 is 17.9 Å². The summed E-state index contributed by atoms with van der Waals surface area (Å²) in [5.41, 5.74) is 0. The van der Waals surface area contributed by atoms with Crippen LogP contribution in [0.15, 0.2) is 0 Å². The highest BCUT2D eigenvalue weighted by atomic mass is 27.2. The summed E-state index contributed by atoms with van der Waals surface area (Å²) in [5, 5.41) is 0. The van der Waals surface area contributed by atoms with Gasteiger partial charge in [0.25, 0.3) is 0 Å². The minimum atomic E-state index is -1.25. The van der Waals surface area contributed by atoms with Gasteiger partial charge in [0, 0.05) is 6.92 Å². The van der Waals surface area contributed by atoms with Crippen LogP contribution in [0.4, 0.5) is 0 Å². The van der Waals surface area contributed by atoms with Crippen molar-refractivity contribution in [3.8, 4) is 0 Å². The van der Waals surface area contributed by atoms with Crippen LogP contribution in [0.1, 0.15) is 6.92 Å². The number of rotatable bonds is 0. The Morgan fingerprint density at radius 3 is 1.88 bits per heavy atom. The van der Waals surface area contributed by atoms with E-state index < -0.39 is 21.9 Å². The first-order valence-electron chi connectivity index (χ1n) is 1.66. The highest BCUT2D eigenvalue weighted by Crippen LogP contribution is 1.55. The van der Waals surface area contributed by atoms with Gasteiger partial charge in [-0.25, -0.2) is 0 Å². The highest BCUT2D eigenvalue weighted by Gasteiger charge is 1.77. The minimum absolute atomic E-state index is 0.468. The van der Waals surface area contributed by atoms with Crippen LogP contribution in [0, 0.1) is 0 Å². The molecule has 0 aromatic carbocycles. The average Bonchev–Trinajstić information content (AvgIpc) is 1.69. The van der Waals surface area contributed by atoms with E-state index in [-0.39, 0.29) is 0 Å². The summed E-state index contributed by atoms with van der Waals surface area (Å²) in [7, 11) is 0. The molecule has 1 radical (unpaired) electrons. The Bertz CT molecular complexity index is 58.0. The van der Waals surface area contributed by atoms with E-state index in [1.807, 2.05) is 0 Å². The van der Waals surface area contributed by atoms with E-state index in [0.717, 1.165) is 0 Å². The number of carbonyl (C=O) groups excluding carboxylic acids is 1. The van der Waals surface area contributed by atoms with E-state index in [2.05, 4.69) is 10.7 Å². The standard InChI is InChI=1S/C2H5NO2.Al.2H2O/c1-2(4)5-3;;;/h3H2,1H3;;2*1H2/q;+2;;/p-2.